The molecule has 3 atom stereocenters. The van der Waals surface area contributed by atoms with Crippen LogP contribution in [-0.4, -0.2) is 66.3 Å². The van der Waals surface area contributed by atoms with Gasteiger partial charge >= 0.3 is 12.2 Å². The monoisotopic (exact) mass is 527 g/mol. The van der Waals surface area contributed by atoms with Crippen LogP contribution >= 0.6 is 0 Å². The average molecular weight is 528 g/mol. The Morgan fingerprint density at radius 3 is 2.84 bits per heavy atom. The number of anilines is 1. The summed E-state index contributed by atoms with van der Waals surface area (Å²) in [5, 5.41) is 9.35. The summed E-state index contributed by atoms with van der Waals surface area (Å²) in [7, 11) is 1.47. The van der Waals surface area contributed by atoms with Crippen LogP contribution in [0.2, 0.25) is 0 Å². The molecule has 200 valence electrons. The number of alkyl halides is 3. The van der Waals surface area contributed by atoms with Crippen molar-refractivity contribution in [2.45, 2.75) is 49.4 Å². The Bertz CT molecular complexity index is 1290. The van der Waals surface area contributed by atoms with Gasteiger partial charge in [-0.3, -0.25) is 4.79 Å². The maximum absolute atomic E-state index is 13.7. The fourth-order valence-electron chi connectivity index (χ4n) is 6.00. The third-order valence-electron chi connectivity index (χ3n) is 7.80. The minimum absolute atomic E-state index is 0.0676. The van der Waals surface area contributed by atoms with Crippen LogP contribution in [0.1, 0.15) is 41.3 Å². The molecule has 1 saturated heterocycles. The lowest BCUT2D eigenvalue weighted by Crippen LogP contribution is -2.55. The highest BCUT2D eigenvalue weighted by Gasteiger charge is 2.51. The van der Waals surface area contributed by atoms with E-state index in [0.717, 1.165) is 5.56 Å². The molecule has 2 aliphatic heterocycles. The molecule has 1 spiro atoms. The SMILES string of the molecule is C=CC(=O)N1CCN(c2nc(OC)nc3c2CCC2(COC(C(F)(F)F)c4ccccc42)C3)CC1CC#N. The van der Waals surface area contributed by atoms with Crippen LogP contribution in [0.4, 0.5) is 19.0 Å². The number of hydrogen-bond donors (Lipinski definition) is 0. The fraction of sp³-hybridized carbons (Fsp3) is 0.481. The van der Waals surface area contributed by atoms with Crippen molar-refractivity contribution in [2.24, 2.45) is 0 Å². The molecule has 0 bridgehead atoms. The second kappa shape index (κ2) is 9.91. The number of rotatable bonds is 4. The molecule has 38 heavy (non-hydrogen) atoms. The number of ether oxygens (including phenoxy) is 2. The number of benzene rings is 1. The number of carbonyl (C=O) groups is 1. The molecule has 0 saturated carbocycles. The minimum atomic E-state index is -4.50. The van der Waals surface area contributed by atoms with Crippen molar-refractivity contribution >= 4 is 11.7 Å². The van der Waals surface area contributed by atoms with Gasteiger partial charge in [0, 0.05) is 37.0 Å². The van der Waals surface area contributed by atoms with E-state index in [0.29, 0.717) is 56.0 Å². The van der Waals surface area contributed by atoms with Gasteiger partial charge in [0.1, 0.15) is 5.82 Å². The predicted molar refractivity (Wildman–Crippen MR) is 132 cm³/mol. The van der Waals surface area contributed by atoms with Gasteiger partial charge in [-0.05, 0) is 30.0 Å². The lowest BCUT2D eigenvalue weighted by Gasteiger charge is -2.46. The number of methoxy groups -OCH3 is 1. The smallest absolute Gasteiger partial charge is 0.418 e. The predicted octanol–water partition coefficient (Wildman–Crippen LogP) is 3.66. The van der Waals surface area contributed by atoms with Crippen molar-refractivity contribution in [1.29, 1.82) is 5.26 Å². The molecule has 0 radical (unpaired) electrons. The van der Waals surface area contributed by atoms with Crippen molar-refractivity contribution in [1.82, 2.24) is 14.9 Å². The van der Waals surface area contributed by atoms with Crippen LogP contribution in [0.3, 0.4) is 0 Å². The Balaban J connectivity index is 1.50. The second-order valence-corrected chi connectivity index (χ2v) is 9.93. The van der Waals surface area contributed by atoms with Gasteiger partial charge in [-0.1, -0.05) is 30.8 Å². The van der Waals surface area contributed by atoms with Gasteiger partial charge in [0.05, 0.1) is 37.9 Å². The highest BCUT2D eigenvalue weighted by molar-refractivity contribution is 5.87. The summed E-state index contributed by atoms with van der Waals surface area (Å²) in [5.74, 6) is 0.454. The van der Waals surface area contributed by atoms with Gasteiger partial charge < -0.3 is 19.3 Å². The van der Waals surface area contributed by atoms with Crippen LogP contribution < -0.4 is 9.64 Å². The van der Waals surface area contributed by atoms with E-state index < -0.39 is 17.7 Å². The fourth-order valence-corrected chi connectivity index (χ4v) is 6.00. The third-order valence-corrected chi connectivity index (χ3v) is 7.80. The molecular formula is C27H28F3N5O3. The molecule has 1 fully saturated rings. The Morgan fingerprint density at radius 2 is 2.13 bits per heavy atom. The maximum atomic E-state index is 13.7. The van der Waals surface area contributed by atoms with Gasteiger partial charge in [-0.15, -0.1) is 0 Å². The standard InChI is InChI=1S/C27H28F3N5O3/c1-3-22(36)35-13-12-34(15-17(35)9-11-31)24-19-8-10-26(14-21(19)32-25(33-24)37-2)16-38-23(27(28,29)30)18-6-4-5-7-20(18)26/h3-7,17,23H,1,8-10,12-16H2,2H3. The summed E-state index contributed by atoms with van der Waals surface area (Å²) < 4.78 is 52.1. The zero-order valence-electron chi connectivity index (χ0n) is 21.0. The zero-order chi connectivity index (χ0) is 27.1. The quantitative estimate of drug-likeness (QED) is 0.561. The first-order valence-corrected chi connectivity index (χ1v) is 12.5. The molecule has 11 heteroatoms. The van der Waals surface area contributed by atoms with Gasteiger partial charge in [0.25, 0.3) is 0 Å². The summed E-state index contributed by atoms with van der Waals surface area (Å²) in [6.07, 6.45) is -3.54. The van der Waals surface area contributed by atoms with Crippen molar-refractivity contribution in [3.63, 3.8) is 0 Å². The number of aromatic nitrogens is 2. The zero-order valence-corrected chi connectivity index (χ0v) is 21.0. The first-order chi connectivity index (χ1) is 18.2. The van der Waals surface area contributed by atoms with E-state index >= 15 is 0 Å². The van der Waals surface area contributed by atoms with E-state index in [1.807, 2.05) is 4.90 Å². The molecule has 0 N–H and O–H groups in total. The van der Waals surface area contributed by atoms with Gasteiger partial charge in [0.2, 0.25) is 5.91 Å². The lowest BCUT2D eigenvalue weighted by atomic mass is 9.66. The molecule has 3 aliphatic rings. The number of nitriles is 1. The molecule has 1 aliphatic carbocycles. The Labute approximate surface area is 218 Å². The molecule has 2 aromatic rings. The van der Waals surface area contributed by atoms with E-state index in [1.165, 1.54) is 19.3 Å². The van der Waals surface area contributed by atoms with Crippen LogP contribution in [0.25, 0.3) is 0 Å². The summed E-state index contributed by atoms with van der Waals surface area (Å²) in [4.78, 5) is 25.3. The van der Waals surface area contributed by atoms with Crippen LogP contribution in [0.5, 0.6) is 6.01 Å². The molecule has 1 aromatic heterocycles. The van der Waals surface area contributed by atoms with Crippen molar-refractivity contribution in [3.8, 4) is 12.1 Å². The van der Waals surface area contributed by atoms with E-state index in [9.17, 15) is 23.2 Å². The van der Waals surface area contributed by atoms with Crippen LogP contribution in [-0.2, 0) is 27.8 Å². The summed E-state index contributed by atoms with van der Waals surface area (Å²) >= 11 is 0. The maximum Gasteiger partial charge on any atom is 0.418 e. The topological polar surface area (TPSA) is 91.6 Å². The Hall–Kier alpha value is -3.65. The van der Waals surface area contributed by atoms with E-state index in [4.69, 9.17) is 9.47 Å². The van der Waals surface area contributed by atoms with E-state index in [2.05, 4.69) is 22.6 Å². The number of hydrogen-bond acceptors (Lipinski definition) is 7. The Kier molecular flexibility index (Phi) is 6.77. The number of nitrogens with zero attached hydrogens (tertiary/aromatic N) is 5. The number of fused-ring (bicyclic) bond motifs is 3. The molecule has 8 nitrogen and oxygen atoms in total. The first kappa shape index (κ1) is 26.0. The van der Waals surface area contributed by atoms with Crippen molar-refractivity contribution in [2.75, 3.05) is 38.3 Å². The van der Waals surface area contributed by atoms with Gasteiger partial charge in [-0.2, -0.15) is 28.4 Å². The lowest BCUT2D eigenvalue weighted by molar-refractivity contribution is -0.233. The van der Waals surface area contributed by atoms with Crippen molar-refractivity contribution < 1.29 is 27.4 Å². The summed E-state index contributed by atoms with van der Waals surface area (Å²) in [6, 6.07) is 8.62. The largest absolute Gasteiger partial charge is 0.467 e. The minimum Gasteiger partial charge on any atom is -0.467 e. The second-order valence-electron chi connectivity index (χ2n) is 9.93. The average Bonchev–Trinajstić information content (AvgIpc) is 2.91. The molecule has 5 rings (SSSR count). The van der Waals surface area contributed by atoms with Crippen LogP contribution in [0.15, 0.2) is 36.9 Å². The third kappa shape index (κ3) is 4.47. The highest BCUT2D eigenvalue weighted by Crippen LogP contribution is 2.50. The first-order valence-electron chi connectivity index (χ1n) is 12.5. The number of halogens is 3. The Morgan fingerprint density at radius 1 is 1.34 bits per heavy atom. The molecule has 1 aromatic carbocycles. The van der Waals surface area contributed by atoms with E-state index in [1.54, 1.807) is 23.1 Å². The van der Waals surface area contributed by atoms with Gasteiger partial charge in [-0.25, -0.2) is 0 Å². The van der Waals surface area contributed by atoms with Crippen molar-refractivity contribution in [3.05, 3.63) is 59.3 Å². The molecule has 1 amide bonds. The summed E-state index contributed by atoms with van der Waals surface area (Å²) in [5.41, 5.74) is 1.76. The molecule has 3 unspecified atom stereocenters. The van der Waals surface area contributed by atoms with Gasteiger partial charge in [0.15, 0.2) is 6.10 Å². The highest BCUT2D eigenvalue weighted by atomic mass is 19.4. The van der Waals surface area contributed by atoms with E-state index in [-0.39, 0.29) is 36.6 Å². The van der Waals surface area contributed by atoms with Crippen LogP contribution in [0, 0.1) is 11.3 Å². The number of carbonyl (C=O) groups excluding carboxylic acids is 1. The number of amides is 1. The molecular weight excluding hydrogens is 499 g/mol. The molecule has 3 heterocycles. The normalized spacial score (nSPS) is 24.8. The number of piperazine rings is 1. The summed E-state index contributed by atoms with van der Waals surface area (Å²) in [6.45, 7) is 4.81.